The molecule has 0 fully saturated rings. The summed E-state index contributed by atoms with van der Waals surface area (Å²) in [5.41, 5.74) is 0.660. The Hall–Kier alpha value is -0.880. The lowest BCUT2D eigenvalue weighted by molar-refractivity contribution is 0.0309. The summed E-state index contributed by atoms with van der Waals surface area (Å²) in [7, 11) is 1.77. The first-order valence-corrected chi connectivity index (χ1v) is 10.1. The van der Waals surface area contributed by atoms with Crippen LogP contribution in [0.2, 0.25) is 0 Å². The summed E-state index contributed by atoms with van der Waals surface area (Å²) in [5, 5.41) is 0. The minimum atomic E-state index is -0.453. The molecule has 6 heteroatoms. The normalized spacial score (nSPS) is 12.1. The average Bonchev–Trinajstić information content (AvgIpc) is 2.41. The third-order valence-electron chi connectivity index (χ3n) is 2.78. The van der Waals surface area contributed by atoms with Crippen molar-refractivity contribution in [1.82, 2.24) is 9.88 Å². The van der Waals surface area contributed by atoms with Gasteiger partial charge in [0.05, 0.1) is 5.69 Å². The van der Waals surface area contributed by atoms with Gasteiger partial charge in [-0.15, -0.1) is 11.8 Å². The van der Waals surface area contributed by atoms with Crippen LogP contribution in [0.5, 0.6) is 0 Å². The van der Waals surface area contributed by atoms with Crippen molar-refractivity contribution >= 4 is 29.6 Å². The highest BCUT2D eigenvalue weighted by molar-refractivity contribution is 8.01. The highest BCUT2D eigenvalue weighted by atomic mass is 32.2. The van der Waals surface area contributed by atoms with E-state index < -0.39 is 5.60 Å². The van der Waals surface area contributed by atoms with Gasteiger partial charge >= 0.3 is 6.09 Å². The van der Waals surface area contributed by atoms with Crippen molar-refractivity contribution in [2.24, 2.45) is 0 Å². The quantitative estimate of drug-likeness (QED) is 0.516. The molecule has 0 spiro atoms. The van der Waals surface area contributed by atoms with E-state index in [0.717, 1.165) is 17.2 Å². The van der Waals surface area contributed by atoms with Gasteiger partial charge in [0.2, 0.25) is 0 Å². The first-order chi connectivity index (χ1) is 11.0. The molecule has 0 saturated carbocycles. The molecule has 0 aliphatic carbocycles. The Balaban J connectivity index is 2.44. The van der Waals surface area contributed by atoms with Crippen molar-refractivity contribution in [3.8, 4) is 0 Å². The average molecular weight is 371 g/mol. The third kappa shape index (κ3) is 8.83. The number of carbonyl (C=O) groups excluding carboxylic acids is 1. The summed E-state index contributed by atoms with van der Waals surface area (Å²) in [6.45, 7) is 12.9. The van der Waals surface area contributed by atoms with Crippen LogP contribution in [-0.4, -0.2) is 45.7 Å². The monoisotopic (exact) mass is 370 g/mol. The fourth-order valence-corrected chi connectivity index (χ4v) is 3.87. The molecule has 1 aromatic rings. The molecule has 0 aromatic carbocycles. The van der Waals surface area contributed by atoms with Crippen LogP contribution in [0, 0.1) is 0 Å². The summed E-state index contributed by atoms with van der Waals surface area (Å²) in [6, 6.07) is 4.12. The lowest BCUT2D eigenvalue weighted by Gasteiger charge is -2.24. The van der Waals surface area contributed by atoms with E-state index >= 15 is 0 Å². The maximum absolute atomic E-state index is 11.9. The second-order valence-electron chi connectivity index (χ2n) is 7.62. The molecule has 24 heavy (non-hydrogen) atoms. The molecule has 0 aliphatic rings. The molecule has 1 amide bonds. The topological polar surface area (TPSA) is 42.4 Å². The summed E-state index contributed by atoms with van der Waals surface area (Å²) in [6.07, 6.45) is 1.57. The van der Waals surface area contributed by atoms with Gasteiger partial charge in [0.25, 0.3) is 0 Å². The molecule has 1 rings (SSSR count). The molecule has 0 N–H and O–H groups in total. The van der Waals surface area contributed by atoms with E-state index in [1.165, 1.54) is 4.90 Å². The molecule has 0 aliphatic heterocycles. The van der Waals surface area contributed by atoms with Crippen molar-refractivity contribution in [2.75, 3.05) is 19.3 Å². The minimum absolute atomic E-state index is 0.166. The summed E-state index contributed by atoms with van der Waals surface area (Å²) >= 11 is 3.63. The van der Waals surface area contributed by atoms with Gasteiger partial charge in [-0.1, -0.05) is 20.8 Å². The van der Waals surface area contributed by atoms with Gasteiger partial charge < -0.3 is 9.64 Å². The van der Waals surface area contributed by atoms with Gasteiger partial charge in [-0.25, -0.2) is 4.79 Å². The fraction of sp³-hybridized carbons (Fsp3) is 0.667. The van der Waals surface area contributed by atoms with Crippen LogP contribution < -0.4 is 0 Å². The maximum Gasteiger partial charge on any atom is 0.410 e. The number of pyridine rings is 1. The van der Waals surface area contributed by atoms with Crippen molar-refractivity contribution in [1.29, 1.82) is 0 Å². The zero-order valence-electron chi connectivity index (χ0n) is 15.9. The summed E-state index contributed by atoms with van der Waals surface area (Å²) in [5.74, 6) is 1.70. The molecule has 0 bridgehead atoms. The fourth-order valence-electron chi connectivity index (χ4n) is 1.76. The number of ether oxygens (including phenoxy) is 1. The van der Waals surface area contributed by atoms with E-state index in [0.29, 0.717) is 6.54 Å². The summed E-state index contributed by atoms with van der Waals surface area (Å²) < 4.78 is 5.52. The number of nitrogens with zero attached hydrogens (tertiary/aromatic N) is 2. The lowest BCUT2D eigenvalue weighted by Crippen LogP contribution is -2.35. The van der Waals surface area contributed by atoms with E-state index in [4.69, 9.17) is 4.74 Å². The van der Waals surface area contributed by atoms with Gasteiger partial charge in [-0.3, -0.25) is 4.98 Å². The first-order valence-electron chi connectivity index (χ1n) is 8.13. The Morgan fingerprint density at radius 1 is 1.25 bits per heavy atom. The molecule has 136 valence electrons. The number of aromatic nitrogens is 1. The first kappa shape index (κ1) is 21.2. The van der Waals surface area contributed by atoms with Gasteiger partial charge in [0.15, 0.2) is 0 Å². The van der Waals surface area contributed by atoms with E-state index in [-0.39, 0.29) is 10.8 Å². The van der Waals surface area contributed by atoms with Crippen LogP contribution in [0.4, 0.5) is 4.79 Å². The molecule has 0 saturated heterocycles. The Labute approximate surface area is 155 Å². The Morgan fingerprint density at radius 3 is 2.50 bits per heavy atom. The number of amides is 1. The molecule has 1 aromatic heterocycles. The molecule has 0 radical (unpaired) electrons. The van der Waals surface area contributed by atoms with E-state index in [9.17, 15) is 4.79 Å². The van der Waals surface area contributed by atoms with Gasteiger partial charge in [0.1, 0.15) is 5.60 Å². The van der Waals surface area contributed by atoms with Crippen LogP contribution in [0.15, 0.2) is 23.2 Å². The predicted octanol–water partition coefficient (Wildman–Crippen LogP) is 5.07. The van der Waals surface area contributed by atoms with Gasteiger partial charge in [0, 0.05) is 40.9 Å². The Kier molecular flexibility index (Phi) is 7.93. The van der Waals surface area contributed by atoms with Crippen molar-refractivity contribution < 1.29 is 9.53 Å². The Morgan fingerprint density at radius 2 is 1.92 bits per heavy atom. The van der Waals surface area contributed by atoms with E-state index in [2.05, 4.69) is 31.8 Å². The highest BCUT2D eigenvalue weighted by Gasteiger charge is 2.19. The number of thioether (sulfide) groups is 2. The smallest absolute Gasteiger partial charge is 0.410 e. The van der Waals surface area contributed by atoms with E-state index in [1.54, 1.807) is 23.7 Å². The largest absolute Gasteiger partial charge is 0.444 e. The Bertz CT molecular complexity index is 537. The number of hydrogen-bond donors (Lipinski definition) is 0. The third-order valence-corrected chi connectivity index (χ3v) is 4.93. The maximum atomic E-state index is 11.9. The molecule has 0 unspecified atom stereocenters. The van der Waals surface area contributed by atoms with Gasteiger partial charge in [-0.2, -0.15) is 11.8 Å². The number of hydrogen-bond acceptors (Lipinski definition) is 5. The summed E-state index contributed by atoms with van der Waals surface area (Å²) in [4.78, 5) is 19.3. The van der Waals surface area contributed by atoms with Crippen molar-refractivity contribution in [3.05, 3.63) is 24.0 Å². The number of rotatable bonds is 6. The zero-order valence-corrected chi connectivity index (χ0v) is 17.5. The molecular formula is C18H30N2O2S2. The minimum Gasteiger partial charge on any atom is -0.444 e. The van der Waals surface area contributed by atoms with Crippen molar-refractivity contribution in [3.63, 3.8) is 0 Å². The second kappa shape index (κ2) is 8.99. The molecule has 1 heterocycles. The SMILES string of the molecule is CN(CCSCc1ncccc1SC(C)(C)C)C(=O)OC(C)(C)C. The molecule has 4 nitrogen and oxygen atoms in total. The van der Waals surface area contributed by atoms with E-state index in [1.807, 2.05) is 44.8 Å². The molecular weight excluding hydrogens is 340 g/mol. The highest BCUT2D eigenvalue weighted by Crippen LogP contribution is 2.34. The second-order valence-corrected chi connectivity index (χ2v) is 10.6. The van der Waals surface area contributed by atoms with Crippen LogP contribution in [0.3, 0.4) is 0 Å². The molecule has 0 atom stereocenters. The lowest BCUT2D eigenvalue weighted by atomic mass is 10.2. The van der Waals surface area contributed by atoms with Crippen LogP contribution in [0.25, 0.3) is 0 Å². The number of carbonyl (C=O) groups is 1. The zero-order chi connectivity index (χ0) is 18.4. The predicted molar refractivity (Wildman–Crippen MR) is 105 cm³/mol. The van der Waals surface area contributed by atoms with Crippen LogP contribution in [-0.2, 0) is 10.5 Å². The van der Waals surface area contributed by atoms with Gasteiger partial charge in [-0.05, 0) is 32.9 Å². The van der Waals surface area contributed by atoms with Crippen LogP contribution in [0.1, 0.15) is 47.2 Å². The standard InChI is InChI=1S/C18H30N2O2S2/c1-17(2,3)22-16(21)20(7)11-12-23-13-14-15(9-8-10-19-14)24-18(4,5)6/h8-10H,11-13H2,1-7H3. The van der Waals surface area contributed by atoms with Crippen molar-refractivity contribution in [2.45, 2.75) is 62.5 Å². The van der Waals surface area contributed by atoms with Crippen LogP contribution >= 0.6 is 23.5 Å².